The molecule has 0 spiro atoms. The van der Waals surface area contributed by atoms with E-state index in [1.165, 1.54) is 0 Å². The first-order valence-corrected chi connectivity index (χ1v) is 8.96. The summed E-state index contributed by atoms with van der Waals surface area (Å²) in [5.74, 6) is -0.270. The first-order valence-electron chi connectivity index (χ1n) is 7.38. The molecule has 5 nitrogen and oxygen atoms in total. The van der Waals surface area contributed by atoms with Crippen molar-refractivity contribution in [2.75, 3.05) is 12.3 Å². The number of ketones is 1. The van der Waals surface area contributed by atoms with Crippen LogP contribution in [0.25, 0.3) is 0 Å². The quantitative estimate of drug-likeness (QED) is 0.277. The minimum absolute atomic E-state index is 0.0480. The molecular weight excluding hydrogens is 302 g/mol. The fourth-order valence-electron chi connectivity index (χ4n) is 1.87. The van der Waals surface area contributed by atoms with E-state index in [-0.39, 0.29) is 18.1 Å². The molecule has 1 rings (SSSR count). The lowest BCUT2D eigenvalue weighted by Gasteiger charge is -2.06. The van der Waals surface area contributed by atoms with Crippen molar-refractivity contribution >= 4 is 15.9 Å². The van der Waals surface area contributed by atoms with Gasteiger partial charge in [-0.05, 0) is 19.3 Å². The van der Waals surface area contributed by atoms with Gasteiger partial charge in [0.05, 0.1) is 12.3 Å². The number of carbonyl (C=O) groups is 1. The van der Waals surface area contributed by atoms with Crippen LogP contribution in [0.3, 0.4) is 0 Å². The Hall–Kier alpha value is -1.50. The molecule has 1 aromatic carbocycles. The van der Waals surface area contributed by atoms with Crippen molar-refractivity contribution < 1.29 is 17.5 Å². The molecule has 0 aliphatic heterocycles. The van der Waals surface area contributed by atoms with Gasteiger partial charge in [-0.2, -0.15) is 18.2 Å². The predicted molar refractivity (Wildman–Crippen MR) is 86.9 cm³/mol. The summed E-state index contributed by atoms with van der Waals surface area (Å²) in [6.07, 6.45) is 6.18. The van der Waals surface area contributed by atoms with Crippen LogP contribution in [-0.4, -0.2) is 26.5 Å². The van der Waals surface area contributed by atoms with Crippen LogP contribution in [0.2, 0.25) is 0 Å². The molecule has 0 amide bonds. The van der Waals surface area contributed by atoms with Crippen LogP contribution < -0.4 is 5.48 Å². The number of allylic oxidation sites excluding steroid dienone is 1. The standard InChI is InChI=1S/C16H23NO4S/c1-2-3-4-5-6-10-13-22(19,20)21-17-14-16(18)15-11-8-7-9-12-15/h2,7-9,11-12,17H,1,3-6,10,13-14H2. The predicted octanol–water partition coefficient (Wildman–Crippen LogP) is 2.86. The van der Waals surface area contributed by atoms with Crippen LogP contribution in [0, 0.1) is 0 Å². The molecule has 0 bridgehead atoms. The Balaban J connectivity index is 2.19. The zero-order valence-corrected chi connectivity index (χ0v) is 13.5. The number of hydrogen-bond donors (Lipinski definition) is 1. The smallest absolute Gasteiger partial charge is 0.283 e. The third kappa shape index (κ3) is 8.07. The van der Waals surface area contributed by atoms with Crippen LogP contribution in [0.15, 0.2) is 43.0 Å². The zero-order chi connectivity index (χ0) is 16.3. The second-order valence-corrected chi connectivity index (χ2v) is 6.64. The first kappa shape index (κ1) is 18.5. The van der Waals surface area contributed by atoms with Crippen molar-refractivity contribution in [2.45, 2.75) is 32.1 Å². The van der Waals surface area contributed by atoms with Crippen LogP contribution in [-0.2, 0) is 14.4 Å². The monoisotopic (exact) mass is 325 g/mol. The summed E-state index contributed by atoms with van der Waals surface area (Å²) in [6, 6.07) is 8.64. The van der Waals surface area contributed by atoms with Gasteiger partial charge in [0.25, 0.3) is 10.1 Å². The number of Topliss-reactive ketones (excluding diaryl/α,β-unsaturated/α-hetero) is 1. The minimum Gasteiger partial charge on any atom is -0.293 e. The summed E-state index contributed by atoms with van der Waals surface area (Å²) < 4.78 is 27.9. The molecule has 0 saturated heterocycles. The first-order chi connectivity index (χ1) is 10.5. The fourth-order valence-corrected chi connectivity index (χ4v) is 2.75. The molecule has 0 atom stereocenters. The van der Waals surface area contributed by atoms with Crippen molar-refractivity contribution in [1.82, 2.24) is 5.48 Å². The summed E-state index contributed by atoms with van der Waals surface area (Å²) in [6.45, 7) is 3.46. The van der Waals surface area contributed by atoms with E-state index in [0.717, 1.165) is 25.7 Å². The SMILES string of the molecule is C=CCCCCCCS(=O)(=O)ONCC(=O)c1ccccc1. The molecule has 0 unspecified atom stereocenters. The number of rotatable bonds is 12. The third-order valence-electron chi connectivity index (χ3n) is 3.07. The normalized spacial score (nSPS) is 11.3. The molecule has 122 valence electrons. The lowest BCUT2D eigenvalue weighted by atomic mass is 10.1. The lowest BCUT2D eigenvalue weighted by Crippen LogP contribution is -2.27. The molecule has 0 saturated carbocycles. The summed E-state index contributed by atoms with van der Waals surface area (Å²) in [7, 11) is -3.64. The molecule has 0 radical (unpaired) electrons. The largest absolute Gasteiger partial charge is 0.293 e. The Kier molecular flexibility index (Phi) is 8.65. The maximum absolute atomic E-state index is 11.7. The average Bonchev–Trinajstić information content (AvgIpc) is 2.51. The lowest BCUT2D eigenvalue weighted by molar-refractivity contribution is 0.0936. The van der Waals surface area contributed by atoms with Crippen LogP contribution in [0.1, 0.15) is 42.5 Å². The molecule has 0 heterocycles. The van der Waals surface area contributed by atoms with Gasteiger partial charge in [-0.1, -0.05) is 49.2 Å². The molecule has 0 aromatic heterocycles. The van der Waals surface area contributed by atoms with Crippen LogP contribution in [0.5, 0.6) is 0 Å². The van der Waals surface area contributed by atoms with Crippen molar-refractivity contribution in [3.05, 3.63) is 48.6 Å². The molecule has 1 N–H and O–H groups in total. The number of hydrogen-bond acceptors (Lipinski definition) is 5. The van der Waals surface area contributed by atoms with Crippen molar-refractivity contribution in [3.63, 3.8) is 0 Å². The Morgan fingerprint density at radius 1 is 1.14 bits per heavy atom. The number of hydroxylamine groups is 1. The fraction of sp³-hybridized carbons (Fsp3) is 0.438. The van der Waals surface area contributed by atoms with Gasteiger partial charge < -0.3 is 0 Å². The Bertz CT molecular complexity index is 555. The van der Waals surface area contributed by atoms with Crippen LogP contribution in [0.4, 0.5) is 0 Å². The molecule has 1 aromatic rings. The van der Waals surface area contributed by atoms with Gasteiger partial charge >= 0.3 is 0 Å². The Labute approximate surface area is 132 Å². The van der Waals surface area contributed by atoms with E-state index in [2.05, 4.69) is 16.3 Å². The van der Waals surface area contributed by atoms with Crippen molar-refractivity contribution in [2.24, 2.45) is 0 Å². The summed E-state index contributed by atoms with van der Waals surface area (Å²) in [4.78, 5) is 11.7. The molecular formula is C16H23NO4S. The molecule has 0 aliphatic carbocycles. The second kappa shape index (κ2) is 10.3. The molecule has 22 heavy (non-hydrogen) atoms. The van der Waals surface area contributed by atoms with E-state index in [9.17, 15) is 13.2 Å². The summed E-state index contributed by atoms with van der Waals surface area (Å²) in [5.41, 5.74) is 2.75. The van der Waals surface area contributed by atoms with Gasteiger partial charge in [-0.25, -0.2) is 0 Å². The van der Waals surface area contributed by atoms with E-state index >= 15 is 0 Å². The van der Waals surface area contributed by atoms with Crippen molar-refractivity contribution in [3.8, 4) is 0 Å². The Morgan fingerprint density at radius 3 is 2.50 bits per heavy atom. The second-order valence-electron chi connectivity index (χ2n) is 4.95. The third-order valence-corrected chi connectivity index (χ3v) is 4.23. The summed E-state index contributed by atoms with van der Waals surface area (Å²) >= 11 is 0. The van der Waals surface area contributed by atoms with Gasteiger partial charge in [-0.15, -0.1) is 6.58 Å². The number of benzene rings is 1. The average molecular weight is 325 g/mol. The minimum atomic E-state index is -3.64. The van der Waals surface area contributed by atoms with Gasteiger partial charge in [0.15, 0.2) is 5.78 Å². The highest BCUT2D eigenvalue weighted by molar-refractivity contribution is 7.86. The van der Waals surface area contributed by atoms with E-state index in [4.69, 9.17) is 0 Å². The van der Waals surface area contributed by atoms with Crippen molar-refractivity contribution in [1.29, 1.82) is 0 Å². The molecule has 0 fully saturated rings. The van der Waals surface area contributed by atoms with E-state index < -0.39 is 10.1 Å². The maximum atomic E-state index is 11.7. The molecule has 6 heteroatoms. The van der Waals surface area contributed by atoms with Gasteiger partial charge in [0.1, 0.15) is 0 Å². The highest BCUT2D eigenvalue weighted by Gasteiger charge is 2.12. The van der Waals surface area contributed by atoms with Crippen LogP contribution >= 0.6 is 0 Å². The zero-order valence-electron chi connectivity index (χ0n) is 12.7. The molecule has 0 aliphatic rings. The van der Waals surface area contributed by atoms with E-state index in [1.54, 1.807) is 30.3 Å². The van der Waals surface area contributed by atoms with E-state index in [1.807, 2.05) is 6.08 Å². The number of unbranched alkanes of at least 4 members (excludes halogenated alkanes) is 4. The highest BCUT2D eigenvalue weighted by atomic mass is 32.2. The van der Waals surface area contributed by atoms with E-state index in [0.29, 0.717) is 12.0 Å². The van der Waals surface area contributed by atoms with Gasteiger partial charge in [0.2, 0.25) is 0 Å². The highest BCUT2D eigenvalue weighted by Crippen LogP contribution is 2.06. The topological polar surface area (TPSA) is 72.5 Å². The Morgan fingerprint density at radius 2 is 1.82 bits per heavy atom. The maximum Gasteiger partial charge on any atom is 0.283 e. The van der Waals surface area contributed by atoms with Gasteiger partial charge in [-0.3, -0.25) is 4.79 Å². The summed E-state index contributed by atoms with van der Waals surface area (Å²) in [5, 5.41) is 0. The number of nitrogens with one attached hydrogen (secondary N) is 1. The van der Waals surface area contributed by atoms with Gasteiger partial charge in [0, 0.05) is 5.56 Å². The number of carbonyl (C=O) groups excluding carboxylic acids is 1.